The van der Waals surface area contributed by atoms with Gasteiger partial charge < -0.3 is 20.7 Å². The quantitative estimate of drug-likeness (QED) is 0.606. The molecule has 1 amide bonds. The normalized spacial score (nSPS) is 18.0. The Kier molecular flexibility index (Phi) is 6.83. The minimum atomic E-state index is -1.17. The third-order valence-electron chi connectivity index (χ3n) is 5.83. The van der Waals surface area contributed by atoms with Crippen molar-refractivity contribution in [1.29, 1.82) is 0 Å². The van der Waals surface area contributed by atoms with Crippen molar-refractivity contribution in [3.05, 3.63) is 35.6 Å². The fraction of sp³-hybridized carbons (Fsp3) is 0.522. The number of nitrogens with zero attached hydrogens (tertiary/aromatic N) is 5. The molecule has 0 saturated carbocycles. The Bertz CT molecular complexity index is 1130. The molecule has 1 atom stereocenters. The van der Waals surface area contributed by atoms with Crippen LogP contribution in [-0.4, -0.2) is 61.2 Å². The lowest BCUT2D eigenvalue weighted by Gasteiger charge is -2.29. The van der Waals surface area contributed by atoms with Crippen LogP contribution >= 0.6 is 0 Å². The van der Waals surface area contributed by atoms with Gasteiger partial charge in [0.05, 0.1) is 22.0 Å². The number of ether oxygens (including phenoxy) is 1. The molecule has 4 heterocycles. The van der Waals surface area contributed by atoms with Crippen LogP contribution in [0.15, 0.2) is 23.4 Å². The van der Waals surface area contributed by atoms with Crippen molar-refractivity contribution in [2.24, 2.45) is 5.73 Å². The minimum Gasteiger partial charge on any atom is -0.447 e. The number of carbonyl (C=O) groups is 1. The maximum Gasteiger partial charge on any atom is 0.404 e. The zero-order chi connectivity index (χ0) is 24.5. The van der Waals surface area contributed by atoms with Gasteiger partial charge in [-0.2, -0.15) is 4.98 Å². The Morgan fingerprint density at radius 2 is 2.00 bits per heavy atom. The molecule has 34 heavy (non-hydrogen) atoms. The van der Waals surface area contributed by atoms with E-state index in [2.05, 4.69) is 40.1 Å². The van der Waals surface area contributed by atoms with E-state index in [0.29, 0.717) is 41.3 Å². The molecule has 2 aliphatic rings. The molecule has 0 aromatic carbocycles. The summed E-state index contributed by atoms with van der Waals surface area (Å²) in [5.41, 5.74) is 7.48. The van der Waals surface area contributed by atoms with Gasteiger partial charge in [-0.15, -0.1) is 0 Å². The van der Waals surface area contributed by atoms with Crippen molar-refractivity contribution >= 4 is 34.2 Å². The van der Waals surface area contributed by atoms with Gasteiger partial charge in [0.15, 0.2) is 5.82 Å². The zero-order valence-corrected chi connectivity index (χ0v) is 20.8. The van der Waals surface area contributed by atoms with E-state index >= 15 is 0 Å². The highest BCUT2D eigenvalue weighted by atomic mass is 32.2. The Morgan fingerprint density at radius 3 is 2.62 bits per heavy atom. The molecule has 11 heteroatoms. The molecule has 0 aliphatic carbocycles. The number of rotatable bonds is 7. The van der Waals surface area contributed by atoms with Crippen molar-refractivity contribution in [2.45, 2.75) is 56.9 Å². The number of hydrogen-bond acceptors (Lipinski definition) is 9. The van der Waals surface area contributed by atoms with Gasteiger partial charge in [0.1, 0.15) is 17.3 Å². The lowest BCUT2D eigenvalue weighted by molar-refractivity contribution is 0.138. The smallest absolute Gasteiger partial charge is 0.404 e. The molecular weight excluding hydrogens is 454 g/mol. The Balaban J connectivity index is 1.55. The highest BCUT2D eigenvalue weighted by molar-refractivity contribution is 7.85. The monoisotopic (exact) mass is 485 g/mol. The average molecular weight is 486 g/mol. The molecule has 0 fully saturated rings. The second-order valence-corrected chi connectivity index (χ2v) is 11.0. The molecule has 3 N–H and O–H groups in total. The van der Waals surface area contributed by atoms with Crippen LogP contribution in [-0.2, 0) is 22.0 Å². The number of nitrogens with one attached hydrogen (secondary N) is 1. The molecule has 0 bridgehead atoms. The van der Waals surface area contributed by atoms with E-state index in [1.807, 2.05) is 26.2 Å². The molecule has 0 radical (unpaired) electrons. The second-order valence-electron chi connectivity index (χ2n) is 9.48. The topological polar surface area (TPSA) is 136 Å². The summed E-state index contributed by atoms with van der Waals surface area (Å²) in [6, 6.07) is 0. The van der Waals surface area contributed by atoms with E-state index in [-0.39, 0.29) is 6.61 Å². The lowest BCUT2D eigenvalue weighted by atomic mass is 10.1. The molecule has 0 unspecified atom stereocenters. The summed E-state index contributed by atoms with van der Waals surface area (Å²) < 4.78 is 17.6. The zero-order valence-electron chi connectivity index (χ0n) is 20.0. The third kappa shape index (κ3) is 5.35. The lowest BCUT2D eigenvalue weighted by Crippen LogP contribution is -2.39. The van der Waals surface area contributed by atoms with Gasteiger partial charge in [0.25, 0.3) is 0 Å². The molecular formula is C23H31N7O3S. The van der Waals surface area contributed by atoms with Gasteiger partial charge >= 0.3 is 6.09 Å². The number of amides is 1. The van der Waals surface area contributed by atoms with E-state index < -0.39 is 22.4 Å². The maximum atomic E-state index is 12.6. The summed E-state index contributed by atoms with van der Waals surface area (Å²) in [7, 11) is -1.17. The van der Waals surface area contributed by atoms with Gasteiger partial charge in [-0.25, -0.2) is 19.7 Å². The van der Waals surface area contributed by atoms with Crippen LogP contribution in [0.5, 0.6) is 0 Å². The van der Waals surface area contributed by atoms with Gasteiger partial charge in [0.2, 0.25) is 5.95 Å². The highest BCUT2D eigenvalue weighted by Gasteiger charge is 2.31. The number of anilines is 2. The predicted octanol–water partition coefficient (Wildman–Crippen LogP) is 2.63. The minimum absolute atomic E-state index is 0.0501. The van der Waals surface area contributed by atoms with E-state index in [0.717, 1.165) is 35.6 Å². The summed E-state index contributed by atoms with van der Waals surface area (Å²) >= 11 is 0. The van der Waals surface area contributed by atoms with Crippen molar-refractivity contribution in [3.8, 4) is 0 Å². The molecule has 0 spiro atoms. The number of nitrogens with two attached hydrogens (primary N) is 1. The van der Waals surface area contributed by atoms with E-state index in [1.54, 1.807) is 0 Å². The summed E-state index contributed by atoms with van der Waals surface area (Å²) in [5, 5.41) is 3.29. The van der Waals surface area contributed by atoms with E-state index in [9.17, 15) is 9.00 Å². The maximum absolute atomic E-state index is 12.6. The molecule has 4 rings (SSSR count). The van der Waals surface area contributed by atoms with Crippen molar-refractivity contribution in [2.75, 3.05) is 35.7 Å². The molecule has 2 aromatic rings. The number of primary amides is 1. The Labute approximate surface area is 201 Å². The highest BCUT2D eigenvalue weighted by Crippen LogP contribution is 2.32. The first-order valence-corrected chi connectivity index (χ1v) is 12.7. The van der Waals surface area contributed by atoms with Crippen LogP contribution in [0.4, 0.5) is 16.6 Å². The van der Waals surface area contributed by atoms with Crippen LogP contribution in [0.25, 0.3) is 5.57 Å². The summed E-state index contributed by atoms with van der Waals surface area (Å²) in [6.07, 6.45) is 6.46. The molecule has 182 valence electrons. The van der Waals surface area contributed by atoms with E-state index in [4.69, 9.17) is 20.4 Å². The first kappa shape index (κ1) is 24.1. The fourth-order valence-corrected chi connectivity index (χ4v) is 5.18. The summed E-state index contributed by atoms with van der Waals surface area (Å²) in [4.78, 5) is 32.3. The number of hydrogen-bond donors (Lipinski definition) is 2. The van der Waals surface area contributed by atoms with Crippen molar-refractivity contribution in [1.82, 2.24) is 19.9 Å². The molecule has 2 aliphatic heterocycles. The summed E-state index contributed by atoms with van der Waals surface area (Å²) in [6.45, 7) is 9.37. The molecule has 10 nitrogen and oxygen atoms in total. The Hall–Kier alpha value is -3.08. The van der Waals surface area contributed by atoms with Gasteiger partial charge in [-0.1, -0.05) is 19.9 Å². The van der Waals surface area contributed by atoms with Crippen LogP contribution in [0.2, 0.25) is 0 Å². The number of carbonyl (C=O) groups excluding carboxylic acids is 1. The first-order valence-electron chi connectivity index (χ1n) is 11.4. The van der Waals surface area contributed by atoms with Gasteiger partial charge in [-0.3, -0.25) is 4.21 Å². The van der Waals surface area contributed by atoms with Crippen LogP contribution in [0, 0.1) is 0 Å². The fourth-order valence-electron chi connectivity index (χ4n) is 3.87. The number of aromatic nitrogens is 4. The first-order chi connectivity index (χ1) is 16.1. The van der Waals surface area contributed by atoms with E-state index in [1.165, 1.54) is 0 Å². The average Bonchev–Trinajstić information content (AvgIpc) is 3.19. The number of fused-ring (bicyclic) bond motifs is 1. The second kappa shape index (κ2) is 9.65. The standard InChI is InChI=1S/C23H31N7O3S/c1-14(2)16-11-25-19(26-12-16)15-5-8-30(9-6-15)22-27-17-7-10-34(32)18(17)20(28-22)29-23(3,4)13-33-21(24)31/h5,11-12,14H,6-10,13H2,1-4H3,(H2,24,31)(H,27,28,29)/t34-/m1/s1. The largest absolute Gasteiger partial charge is 0.447 e. The van der Waals surface area contributed by atoms with Crippen LogP contribution in [0.3, 0.4) is 0 Å². The Morgan fingerprint density at radius 1 is 1.26 bits per heavy atom. The predicted molar refractivity (Wildman–Crippen MR) is 131 cm³/mol. The SMILES string of the molecule is CC(C)c1cnc(C2=CCN(c3nc4c(c(NC(C)(C)COC(N)=O)n3)[S@](=O)CC4)CC2)nc1. The molecule has 0 saturated heterocycles. The van der Waals surface area contributed by atoms with Gasteiger partial charge in [-0.05, 0) is 37.3 Å². The van der Waals surface area contributed by atoms with Crippen LogP contribution < -0.4 is 16.0 Å². The van der Waals surface area contributed by atoms with Gasteiger partial charge in [0, 0.05) is 37.7 Å². The summed E-state index contributed by atoms with van der Waals surface area (Å²) in [5.74, 6) is 2.77. The van der Waals surface area contributed by atoms with Crippen molar-refractivity contribution in [3.63, 3.8) is 0 Å². The third-order valence-corrected chi connectivity index (χ3v) is 7.28. The molecule has 2 aromatic heterocycles. The van der Waals surface area contributed by atoms with Crippen molar-refractivity contribution < 1.29 is 13.7 Å². The van der Waals surface area contributed by atoms with Crippen LogP contribution in [0.1, 0.15) is 57.1 Å². The number of aryl methyl sites for hydroxylation is 1.